The highest BCUT2D eigenvalue weighted by molar-refractivity contribution is 7.94. The predicted octanol–water partition coefficient (Wildman–Crippen LogP) is 1.93. The Morgan fingerprint density at radius 1 is 1.33 bits per heavy atom. The van der Waals surface area contributed by atoms with Crippen LogP contribution >= 0.6 is 23.7 Å². The van der Waals surface area contributed by atoms with Gasteiger partial charge in [0.05, 0.1) is 5.69 Å². The van der Waals surface area contributed by atoms with Crippen molar-refractivity contribution in [3.8, 4) is 5.75 Å². The highest BCUT2D eigenvalue weighted by atomic mass is 35.5. The van der Waals surface area contributed by atoms with Crippen LogP contribution in [0.1, 0.15) is 6.42 Å². The third-order valence-electron chi connectivity index (χ3n) is 4.25. The van der Waals surface area contributed by atoms with Crippen LogP contribution in [0.25, 0.3) is 0 Å². The molecule has 3 rings (SSSR count). The zero-order valence-corrected chi connectivity index (χ0v) is 17.2. The Morgan fingerprint density at radius 3 is 2.59 bits per heavy atom. The molecule has 10 heteroatoms. The molecule has 0 aliphatic carbocycles. The molecule has 1 aromatic heterocycles. The smallest absolute Gasteiger partial charge is 0.273 e. The van der Waals surface area contributed by atoms with E-state index in [0.29, 0.717) is 24.5 Å². The van der Waals surface area contributed by atoms with Crippen molar-refractivity contribution < 1.29 is 17.9 Å². The van der Waals surface area contributed by atoms with Crippen molar-refractivity contribution in [2.45, 2.75) is 16.7 Å². The summed E-state index contributed by atoms with van der Waals surface area (Å²) in [5.74, 6) is 0.409. The Morgan fingerprint density at radius 2 is 2.04 bits per heavy atom. The third kappa shape index (κ3) is 4.92. The van der Waals surface area contributed by atoms with E-state index in [9.17, 15) is 13.2 Å². The Kier molecular flexibility index (Phi) is 7.10. The van der Waals surface area contributed by atoms with Gasteiger partial charge in [-0.15, -0.1) is 23.7 Å². The Hall–Kier alpha value is -1.81. The number of sulfonamides is 1. The number of halogens is 1. The van der Waals surface area contributed by atoms with Gasteiger partial charge >= 0.3 is 0 Å². The second-order valence-electron chi connectivity index (χ2n) is 6.08. The van der Waals surface area contributed by atoms with Crippen molar-refractivity contribution in [1.29, 1.82) is 0 Å². The Balaban J connectivity index is 0.00000261. The van der Waals surface area contributed by atoms with Crippen molar-refractivity contribution in [3.05, 3.63) is 41.8 Å². The van der Waals surface area contributed by atoms with Crippen LogP contribution in [0.5, 0.6) is 5.75 Å². The molecule has 0 saturated carbocycles. The van der Waals surface area contributed by atoms with E-state index in [4.69, 9.17) is 10.5 Å². The van der Waals surface area contributed by atoms with Crippen LogP contribution in [0, 0.1) is 0 Å². The molecule has 0 unspecified atom stereocenters. The number of nitrogens with two attached hydrogens (primary N) is 1. The summed E-state index contributed by atoms with van der Waals surface area (Å²) in [6, 6.07) is 9.92. The van der Waals surface area contributed by atoms with Gasteiger partial charge < -0.3 is 15.4 Å². The molecule has 0 radical (unpaired) electrons. The minimum atomic E-state index is -3.57. The number of amides is 1. The summed E-state index contributed by atoms with van der Waals surface area (Å²) in [5.41, 5.74) is 6.31. The fourth-order valence-electron chi connectivity index (χ4n) is 2.69. The normalized spacial score (nSPS) is 16.7. The lowest BCUT2D eigenvalue weighted by Gasteiger charge is -2.19. The predicted molar refractivity (Wildman–Crippen MR) is 108 cm³/mol. The van der Waals surface area contributed by atoms with E-state index in [1.165, 1.54) is 22.7 Å². The van der Waals surface area contributed by atoms with Gasteiger partial charge in [-0.05, 0) is 42.1 Å². The average molecular weight is 432 g/mol. The number of carbonyl (C=O) groups excluding carboxylic acids is 1. The van der Waals surface area contributed by atoms with Crippen LogP contribution in [0.4, 0.5) is 5.69 Å². The van der Waals surface area contributed by atoms with Crippen molar-refractivity contribution >= 4 is 45.4 Å². The van der Waals surface area contributed by atoms with E-state index in [-0.39, 0.29) is 35.2 Å². The second kappa shape index (κ2) is 8.92. The highest BCUT2D eigenvalue weighted by Gasteiger charge is 2.24. The van der Waals surface area contributed by atoms with Crippen LogP contribution < -0.4 is 14.8 Å². The maximum atomic E-state index is 12.5. The Labute approximate surface area is 169 Å². The van der Waals surface area contributed by atoms with Gasteiger partial charge in [-0.25, -0.2) is 8.42 Å². The number of likely N-dealkylation sites (tertiary alicyclic amines) is 1. The molecule has 0 bridgehead atoms. The van der Waals surface area contributed by atoms with E-state index in [2.05, 4.69) is 0 Å². The summed E-state index contributed by atoms with van der Waals surface area (Å²) in [6.45, 7) is 1.16. The number of rotatable bonds is 6. The zero-order chi connectivity index (χ0) is 18.7. The minimum Gasteiger partial charge on any atom is -0.484 e. The largest absolute Gasteiger partial charge is 0.484 e. The zero-order valence-electron chi connectivity index (χ0n) is 14.8. The number of ether oxygens (including phenoxy) is 1. The lowest BCUT2D eigenvalue weighted by atomic mass is 10.3. The molecule has 148 valence electrons. The molecule has 1 saturated heterocycles. The monoisotopic (exact) mass is 431 g/mol. The van der Waals surface area contributed by atoms with Crippen molar-refractivity contribution in [2.24, 2.45) is 5.73 Å². The lowest BCUT2D eigenvalue weighted by molar-refractivity contribution is -0.132. The molecule has 1 amide bonds. The fraction of sp³-hybridized carbons (Fsp3) is 0.353. The molecule has 1 aliphatic heterocycles. The van der Waals surface area contributed by atoms with Crippen molar-refractivity contribution in [1.82, 2.24) is 4.90 Å². The van der Waals surface area contributed by atoms with Gasteiger partial charge in [0.15, 0.2) is 6.61 Å². The molecule has 1 aromatic carbocycles. The van der Waals surface area contributed by atoms with Crippen LogP contribution in [0.2, 0.25) is 0 Å². The van der Waals surface area contributed by atoms with E-state index in [1.807, 2.05) is 0 Å². The first kappa shape index (κ1) is 21.5. The quantitative estimate of drug-likeness (QED) is 0.754. The van der Waals surface area contributed by atoms with Gasteiger partial charge in [-0.3, -0.25) is 9.10 Å². The molecular formula is C17H22ClN3O4S2. The number of benzene rings is 1. The Bertz CT molecular complexity index is 857. The SMILES string of the molecule is CN(c1ccc(OCC(=O)N2CC[C@@H](N)C2)cc1)S(=O)(=O)c1cccs1.Cl. The first-order valence-corrected chi connectivity index (χ1v) is 10.5. The van der Waals surface area contributed by atoms with Gasteiger partial charge in [0.1, 0.15) is 9.96 Å². The molecule has 0 spiro atoms. The average Bonchev–Trinajstić information content (AvgIpc) is 3.31. The molecule has 2 N–H and O–H groups in total. The molecule has 7 nitrogen and oxygen atoms in total. The van der Waals surface area contributed by atoms with E-state index in [1.54, 1.807) is 46.7 Å². The topological polar surface area (TPSA) is 92.9 Å². The minimum absolute atomic E-state index is 0. The van der Waals surface area contributed by atoms with Crippen molar-refractivity contribution in [2.75, 3.05) is 31.0 Å². The number of nitrogens with zero attached hydrogens (tertiary/aromatic N) is 2. The lowest BCUT2D eigenvalue weighted by Crippen LogP contribution is -2.35. The molecule has 27 heavy (non-hydrogen) atoms. The number of hydrogen-bond acceptors (Lipinski definition) is 6. The number of carbonyl (C=O) groups is 1. The maximum Gasteiger partial charge on any atom is 0.273 e. The molecule has 2 heterocycles. The van der Waals surface area contributed by atoms with Gasteiger partial charge in [-0.2, -0.15) is 0 Å². The summed E-state index contributed by atoms with van der Waals surface area (Å²) >= 11 is 1.17. The van der Waals surface area contributed by atoms with E-state index >= 15 is 0 Å². The van der Waals surface area contributed by atoms with Gasteiger partial charge in [0.2, 0.25) is 0 Å². The molecular weight excluding hydrogens is 410 g/mol. The second-order valence-corrected chi connectivity index (χ2v) is 9.22. The molecule has 1 fully saturated rings. The van der Waals surface area contributed by atoms with E-state index in [0.717, 1.165) is 6.42 Å². The highest BCUT2D eigenvalue weighted by Crippen LogP contribution is 2.26. The fourth-order valence-corrected chi connectivity index (χ4v) is 5.04. The summed E-state index contributed by atoms with van der Waals surface area (Å²) in [4.78, 5) is 13.8. The summed E-state index contributed by atoms with van der Waals surface area (Å²) in [5, 5.41) is 1.72. The van der Waals surface area contributed by atoms with E-state index < -0.39 is 10.0 Å². The van der Waals surface area contributed by atoms with Crippen LogP contribution in [-0.2, 0) is 14.8 Å². The first-order valence-electron chi connectivity index (χ1n) is 8.16. The van der Waals surface area contributed by atoms with Crippen LogP contribution in [0.3, 0.4) is 0 Å². The molecule has 1 atom stereocenters. The number of anilines is 1. The summed E-state index contributed by atoms with van der Waals surface area (Å²) < 4.78 is 32.0. The molecule has 1 aliphatic rings. The summed E-state index contributed by atoms with van der Waals surface area (Å²) in [7, 11) is -2.06. The van der Waals surface area contributed by atoms with Crippen LogP contribution in [0.15, 0.2) is 46.0 Å². The summed E-state index contributed by atoms with van der Waals surface area (Å²) in [6.07, 6.45) is 0.811. The van der Waals surface area contributed by atoms with Crippen molar-refractivity contribution in [3.63, 3.8) is 0 Å². The van der Waals surface area contributed by atoms with Crippen LogP contribution in [-0.4, -0.2) is 52.0 Å². The van der Waals surface area contributed by atoms with Gasteiger partial charge in [0, 0.05) is 26.2 Å². The standard InChI is InChI=1S/C17H21N3O4S2.ClH/c1-19(26(22,23)17-3-2-10-25-17)14-4-6-15(7-5-14)24-12-16(21)20-9-8-13(18)11-20;/h2-7,10,13H,8-9,11-12,18H2,1H3;1H/t13-;/m1./s1. The maximum absolute atomic E-state index is 12.5. The van der Waals surface area contributed by atoms with Gasteiger partial charge in [0.25, 0.3) is 15.9 Å². The first-order chi connectivity index (χ1) is 12.4. The number of thiophene rings is 1. The number of hydrogen-bond donors (Lipinski definition) is 1. The third-order valence-corrected chi connectivity index (χ3v) is 7.41. The molecule has 2 aromatic rings. The van der Waals surface area contributed by atoms with Gasteiger partial charge in [-0.1, -0.05) is 6.07 Å².